The van der Waals surface area contributed by atoms with Crippen LogP contribution in [0.5, 0.6) is 5.75 Å². The van der Waals surface area contributed by atoms with E-state index in [2.05, 4.69) is 27.3 Å². The van der Waals surface area contributed by atoms with E-state index in [0.717, 1.165) is 35.5 Å². The summed E-state index contributed by atoms with van der Waals surface area (Å²) in [5, 5.41) is 5.02. The summed E-state index contributed by atoms with van der Waals surface area (Å²) in [6.45, 7) is 5.28. The molecule has 0 aliphatic carbocycles. The van der Waals surface area contributed by atoms with E-state index >= 15 is 0 Å². The number of morpholine rings is 1. The Bertz CT molecular complexity index is 959. The number of anilines is 1. The average molecular weight is 397 g/mol. The molecular weight excluding hydrogens is 374 g/mol. The van der Waals surface area contributed by atoms with Crippen molar-refractivity contribution in [3.63, 3.8) is 0 Å². The number of nitrogens with zero attached hydrogens (tertiary/aromatic N) is 4. The van der Waals surface area contributed by atoms with Gasteiger partial charge in [0.2, 0.25) is 0 Å². The second-order valence-electron chi connectivity index (χ2n) is 7.48. The third kappa shape index (κ3) is 3.35. The topological polar surface area (TPSA) is 98.2 Å². The molecule has 2 aromatic heterocycles. The summed E-state index contributed by atoms with van der Waals surface area (Å²) in [6, 6.07) is 3.73. The number of ether oxygens (including phenoxy) is 3. The Morgan fingerprint density at radius 1 is 1.28 bits per heavy atom. The number of hydrazone groups is 1. The van der Waals surface area contributed by atoms with Gasteiger partial charge in [-0.15, -0.1) is 0 Å². The largest absolute Gasteiger partial charge is 0.478 e. The van der Waals surface area contributed by atoms with E-state index in [0.29, 0.717) is 32.0 Å². The van der Waals surface area contributed by atoms with Crippen molar-refractivity contribution in [3.05, 3.63) is 24.0 Å². The van der Waals surface area contributed by atoms with Crippen LogP contribution < -0.4 is 15.1 Å². The highest BCUT2D eigenvalue weighted by Gasteiger charge is 2.31. The molecule has 0 radical (unpaired) electrons. The second-order valence-corrected chi connectivity index (χ2v) is 7.48. The molecule has 9 nitrogen and oxygen atoms in total. The SMILES string of the molecule is CC1C=NNC1c1nccc2c(OC3CCOC3=O)cc(N3CCOCC3)nc12. The zero-order chi connectivity index (χ0) is 19.8. The van der Waals surface area contributed by atoms with E-state index < -0.39 is 6.10 Å². The van der Waals surface area contributed by atoms with Crippen LogP contribution in [0.15, 0.2) is 23.4 Å². The smallest absolute Gasteiger partial charge is 0.347 e. The van der Waals surface area contributed by atoms with Crippen LogP contribution in [0, 0.1) is 5.92 Å². The first-order valence-corrected chi connectivity index (χ1v) is 9.95. The van der Waals surface area contributed by atoms with Gasteiger partial charge >= 0.3 is 5.97 Å². The van der Waals surface area contributed by atoms with Crippen molar-refractivity contribution in [2.45, 2.75) is 25.5 Å². The number of nitrogens with one attached hydrogen (secondary N) is 1. The lowest BCUT2D eigenvalue weighted by Gasteiger charge is -2.29. The maximum atomic E-state index is 12.0. The summed E-state index contributed by atoms with van der Waals surface area (Å²) in [6.07, 6.45) is 3.58. The van der Waals surface area contributed by atoms with Crippen molar-refractivity contribution >= 4 is 28.9 Å². The van der Waals surface area contributed by atoms with Crippen LogP contribution in [-0.2, 0) is 14.3 Å². The Morgan fingerprint density at radius 2 is 2.14 bits per heavy atom. The van der Waals surface area contributed by atoms with Gasteiger partial charge in [0, 0.05) is 49.3 Å². The number of hydrogen-bond donors (Lipinski definition) is 1. The summed E-state index contributed by atoms with van der Waals surface area (Å²) >= 11 is 0. The van der Waals surface area contributed by atoms with Crippen LogP contribution in [0.25, 0.3) is 10.9 Å². The minimum absolute atomic E-state index is 0.0598. The van der Waals surface area contributed by atoms with Gasteiger partial charge in [0.1, 0.15) is 17.1 Å². The van der Waals surface area contributed by atoms with E-state index in [1.54, 1.807) is 6.20 Å². The van der Waals surface area contributed by atoms with Crippen LogP contribution in [0.1, 0.15) is 25.1 Å². The van der Waals surface area contributed by atoms with Crippen molar-refractivity contribution in [3.8, 4) is 5.75 Å². The number of fused-ring (bicyclic) bond motifs is 1. The number of rotatable bonds is 4. The van der Waals surface area contributed by atoms with E-state index in [4.69, 9.17) is 19.2 Å². The van der Waals surface area contributed by atoms with Crippen molar-refractivity contribution in [1.29, 1.82) is 0 Å². The molecule has 3 atom stereocenters. The average Bonchev–Trinajstić information content (AvgIpc) is 3.36. The molecule has 0 bridgehead atoms. The first kappa shape index (κ1) is 18.1. The molecule has 5 heterocycles. The van der Waals surface area contributed by atoms with Gasteiger partial charge < -0.3 is 24.5 Å². The maximum absolute atomic E-state index is 12.0. The molecule has 152 valence electrons. The Kier molecular flexibility index (Phi) is 4.67. The second kappa shape index (κ2) is 7.47. The lowest BCUT2D eigenvalue weighted by molar-refractivity contribution is -0.143. The number of carbonyl (C=O) groups is 1. The maximum Gasteiger partial charge on any atom is 0.347 e. The fraction of sp³-hybridized carbons (Fsp3) is 0.500. The van der Waals surface area contributed by atoms with Crippen molar-refractivity contribution in [1.82, 2.24) is 15.4 Å². The zero-order valence-electron chi connectivity index (χ0n) is 16.2. The summed E-state index contributed by atoms with van der Waals surface area (Å²) in [4.78, 5) is 23.7. The Hall–Kier alpha value is -2.94. The van der Waals surface area contributed by atoms with Crippen LogP contribution in [0.4, 0.5) is 5.82 Å². The predicted octanol–water partition coefficient (Wildman–Crippen LogP) is 1.43. The van der Waals surface area contributed by atoms with Crippen molar-refractivity contribution in [2.75, 3.05) is 37.8 Å². The normalized spacial score (nSPS) is 26.6. The quantitative estimate of drug-likeness (QED) is 0.774. The molecule has 3 aliphatic rings. The van der Waals surface area contributed by atoms with E-state index in [1.165, 1.54) is 0 Å². The van der Waals surface area contributed by atoms with Crippen LogP contribution in [0.3, 0.4) is 0 Å². The number of cyclic esters (lactones) is 1. The molecule has 5 rings (SSSR count). The minimum atomic E-state index is -0.596. The molecule has 2 aromatic rings. The molecule has 2 fully saturated rings. The Morgan fingerprint density at radius 3 is 2.86 bits per heavy atom. The molecule has 0 spiro atoms. The highest BCUT2D eigenvalue weighted by Crippen LogP contribution is 2.35. The monoisotopic (exact) mass is 397 g/mol. The Labute approximate surface area is 168 Å². The van der Waals surface area contributed by atoms with Gasteiger partial charge in [-0.25, -0.2) is 9.78 Å². The Balaban J connectivity index is 1.62. The van der Waals surface area contributed by atoms with Gasteiger partial charge in [0.25, 0.3) is 0 Å². The fourth-order valence-electron chi connectivity index (χ4n) is 3.90. The molecule has 29 heavy (non-hydrogen) atoms. The zero-order valence-corrected chi connectivity index (χ0v) is 16.2. The number of esters is 1. The first-order valence-electron chi connectivity index (χ1n) is 9.95. The highest BCUT2D eigenvalue weighted by atomic mass is 16.6. The lowest BCUT2D eigenvalue weighted by atomic mass is 9.99. The van der Waals surface area contributed by atoms with Crippen LogP contribution in [-0.4, -0.2) is 61.2 Å². The standard InChI is InChI=1S/C20H23N5O4/c1-12-11-22-24-17(12)19-18-13(2-4-21-19)15(29-14-3-7-28-20(14)26)10-16(23-18)25-5-8-27-9-6-25/h2,4,10-12,14,17,24H,3,5-9H2,1H3. The number of pyridine rings is 2. The highest BCUT2D eigenvalue weighted by molar-refractivity contribution is 5.90. The molecule has 0 saturated carbocycles. The summed E-state index contributed by atoms with van der Waals surface area (Å²) in [5.41, 5.74) is 4.71. The molecular formula is C20H23N5O4. The molecule has 3 unspecified atom stereocenters. The van der Waals surface area contributed by atoms with Gasteiger partial charge in [0.15, 0.2) is 6.10 Å². The molecule has 0 amide bonds. The molecule has 1 N–H and O–H groups in total. The van der Waals surface area contributed by atoms with E-state index in [9.17, 15) is 4.79 Å². The van der Waals surface area contributed by atoms with Gasteiger partial charge in [-0.3, -0.25) is 4.98 Å². The van der Waals surface area contributed by atoms with Crippen LogP contribution >= 0.6 is 0 Å². The number of aromatic nitrogens is 2. The predicted molar refractivity (Wildman–Crippen MR) is 106 cm³/mol. The molecule has 2 saturated heterocycles. The molecule has 0 aromatic carbocycles. The summed E-state index contributed by atoms with van der Waals surface area (Å²) < 4.78 is 16.7. The molecule has 9 heteroatoms. The number of carbonyl (C=O) groups excluding carboxylic acids is 1. The summed E-state index contributed by atoms with van der Waals surface area (Å²) in [5.74, 6) is 1.28. The van der Waals surface area contributed by atoms with E-state index in [-0.39, 0.29) is 17.9 Å². The van der Waals surface area contributed by atoms with E-state index in [1.807, 2.05) is 18.3 Å². The van der Waals surface area contributed by atoms with Gasteiger partial charge in [-0.2, -0.15) is 5.10 Å². The van der Waals surface area contributed by atoms with Crippen LogP contribution in [0.2, 0.25) is 0 Å². The molecule has 3 aliphatic heterocycles. The van der Waals surface area contributed by atoms with Gasteiger partial charge in [0.05, 0.1) is 31.6 Å². The third-order valence-electron chi connectivity index (χ3n) is 5.54. The van der Waals surface area contributed by atoms with Gasteiger partial charge in [-0.05, 0) is 6.07 Å². The summed E-state index contributed by atoms with van der Waals surface area (Å²) in [7, 11) is 0. The fourth-order valence-corrected chi connectivity index (χ4v) is 3.90. The van der Waals surface area contributed by atoms with Crippen molar-refractivity contribution < 1.29 is 19.0 Å². The first-order chi connectivity index (χ1) is 14.2. The van der Waals surface area contributed by atoms with Gasteiger partial charge in [-0.1, -0.05) is 6.92 Å². The number of hydrogen-bond acceptors (Lipinski definition) is 9. The minimum Gasteiger partial charge on any atom is -0.478 e. The lowest BCUT2D eigenvalue weighted by Crippen LogP contribution is -2.36. The van der Waals surface area contributed by atoms with Crippen molar-refractivity contribution in [2.24, 2.45) is 11.0 Å². The third-order valence-corrected chi connectivity index (χ3v) is 5.54.